The maximum atomic E-state index is 12.5. The van der Waals surface area contributed by atoms with Gasteiger partial charge < -0.3 is 10.6 Å². The predicted octanol–water partition coefficient (Wildman–Crippen LogP) is 4.87. The minimum absolute atomic E-state index is 0.0110. The first-order chi connectivity index (χ1) is 11.9. The molecule has 0 saturated heterocycles. The summed E-state index contributed by atoms with van der Waals surface area (Å²) in [5, 5.41) is 16.8. The van der Waals surface area contributed by atoms with E-state index in [9.17, 15) is 14.9 Å². The Kier molecular flexibility index (Phi) is 4.76. The van der Waals surface area contributed by atoms with Crippen molar-refractivity contribution in [2.24, 2.45) is 0 Å². The van der Waals surface area contributed by atoms with Gasteiger partial charge in [-0.1, -0.05) is 34.1 Å². The Morgan fingerprint density at radius 2 is 1.96 bits per heavy atom. The lowest BCUT2D eigenvalue weighted by Gasteiger charge is -2.43. The highest BCUT2D eigenvalue weighted by Gasteiger charge is 2.40. The lowest BCUT2D eigenvalue weighted by molar-refractivity contribution is -0.385. The van der Waals surface area contributed by atoms with Crippen LogP contribution in [0.1, 0.15) is 30.4 Å². The highest BCUT2D eigenvalue weighted by molar-refractivity contribution is 9.10. The molecule has 2 N–H and O–H groups in total. The van der Waals surface area contributed by atoms with Gasteiger partial charge in [0.25, 0.3) is 5.69 Å². The highest BCUT2D eigenvalue weighted by Crippen LogP contribution is 2.42. The van der Waals surface area contributed by atoms with E-state index in [-0.39, 0.29) is 17.3 Å². The smallest absolute Gasteiger partial charge is 0.319 e. The first-order valence-electron chi connectivity index (χ1n) is 8.00. The van der Waals surface area contributed by atoms with E-state index in [0.717, 1.165) is 29.3 Å². The van der Waals surface area contributed by atoms with Crippen LogP contribution in [0.25, 0.3) is 0 Å². The Labute approximate surface area is 153 Å². The van der Waals surface area contributed by atoms with Crippen molar-refractivity contribution in [2.75, 3.05) is 5.32 Å². The molecule has 1 saturated carbocycles. The number of rotatable bonds is 4. The number of anilines is 1. The summed E-state index contributed by atoms with van der Waals surface area (Å²) in [7, 11) is 0. The fourth-order valence-electron chi connectivity index (χ4n) is 3.13. The fourth-order valence-corrected chi connectivity index (χ4v) is 3.53. The Hall–Kier alpha value is -2.41. The zero-order valence-corrected chi connectivity index (χ0v) is 15.3. The van der Waals surface area contributed by atoms with Gasteiger partial charge in [-0.3, -0.25) is 10.1 Å². The van der Waals surface area contributed by atoms with Crippen molar-refractivity contribution in [1.82, 2.24) is 5.32 Å². The molecule has 0 bridgehead atoms. The molecule has 3 rings (SSSR count). The van der Waals surface area contributed by atoms with Crippen LogP contribution in [-0.4, -0.2) is 11.0 Å². The molecule has 0 atom stereocenters. The van der Waals surface area contributed by atoms with Crippen molar-refractivity contribution in [3.8, 4) is 0 Å². The Balaban J connectivity index is 1.78. The van der Waals surface area contributed by atoms with Crippen LogP contribution in [0, 0.1) is 17.0 Å². The van der Waals surface area contributed by atoms with Crippen LogP contribution >= 0.6 is 15.9 Å². The van der Waals surface area contributed by atoms with Gasteiger partial charge in [-0.25, -0.2) is 4.79 Å². The van der Waals surface area contributed by atoms with Gasteiger partial charge in [0.05, 0.1) is 21.7 Å². The average Bonchev–Trinajstić information content (AvgIpc) is 2.52. The van der Waals surface area contributed by atoms with Gasteiger partial charge in [0.2, 0.25) is 0 Å². The number of hydrogen-bond acceptors (Lipinski definition) is 3. The second-order valence-electron chi connectivity index (χ2n) is 6.23. The van der Waals surface area contributed by atoms with Crippen LogP contribution in [0.2, 0.25) is 0 Å². The topological polar surface area (TPSA) is 84.3 Å². The van der Waals surface area contributed by atoms with Crippen LogP contribution < -0.4 is 10.6 Å². The lowest BCUT2D eigenvalue weighted by Crippen LogP contribution is -2.52. The molecule has 6 nitrogen and oxygen atoms in total. The summed E-state index contributed by atoms with van der Waals surface area (Å²) < 4.78 is 0.966. The Morgan fingerprint density at radius 1 is 1.24 bits per heavy atom. The number of benzene rings is 2. The molecule has 1 aliphatic rings. The van der Waals surface area contributed by atoms with Crippen LogP contribution in [0.5, 0.6) is 0 Å². The van der Waals surface area contributed by atoms with Crippen molar-refractivity contribution in [3.63, 3.8) is 0 Å². The van der Waals surface area contributed by atoms with Crippen molar-refractivity contribution >= 4 is 33.3 Å². The van der Waals surface area contributed by atoms with Gasteiger partial charge in [-0.05, 0) is 49.9 Å². The molecule has 0 heterocycles. The number of carbonyl (C=O) groups excluding carboxylic acids is 1. The minimum Gasteiger partial charge on any atom is -0.328 e. The lowest BCUT2D eigenvalue weighted by atomic mass is 9.72. The van der Waals surface area contributed by atoms with Crippen LogP contribution in [0.3, 0.4) is 0 Å². The second-order valence-corrected chi connectivity index (χ2v) is 7.15. The highest BCUT2D eigenvalue weighted by atomic mass is 79.9. The largest absolute Gasteiger partial charge is 0.328 e. The molecule has 2 amide bonds. The number of amides is 2. The summed E-state index contributed by atoms with van der Waals surface area (Å²) in [6.07, 6.45) is 2.78. The van der Waals surface area contributed by atoms with Crippen LogP contribution in [0.15, 0.2) is 46.9 Å². The van der Waals surface area contributed by atoms with Gasteiger partial charge in [0.1, 0.15) is 0 Å². The molecule has 2 aromatic carbocycles. The summed E-state index contributed by atoms with van der Waals surface area (Å²) in [4.78, 5) is 23.1. The van der Waals surface area contributed by atoms with Crippen LogP contribution in [-0.2, 0) is 5.54 Å². The molecule has 0 radical (unpaired) electrons. The average molecular weight is 404 g/mol. The third-order valence-electron chi connectivity index (χ3n) is 4.69. The number of nitrogens with one attached hydrogen (secondary N) is 2. The number of nitro benzene ring substituents is 1. The van der Waals surface area contributed by atoms with Crippen molar-refractivity contribution in [2.45, 2.75) is 31.7 Å². The summed E-state index contributed by atoms with van der Waals surface area (Å²) in [6.45, 7) is 1.63. The Morgan fingerprint density at radius 3 is 2.56 bits per heavy atom. The van der Waals surface area contributed by atoms with Crippen molar-refractivity contribution < 1.29 is 9.72 Å². The number of carbonyl (C=O) groups is 1. The maximum absolute atomic E-state index is 12.5. The van der Waals surface area contributed by atoms with E-state index in [4.69, 9.17) is 0 Å². The van der Waals surface area contributed by atoms with Gasteiger partial charge in [0.15, 0.2) is 0 Å². The monoisotopic (exact) mass is 403 g/mol. The molecule has 7 heteroatoms. The van der Waals surface area contributed by atoms with Crippen LogP contribution in [0.4, 0.5) is 16.2 Å². The van der Waals surface area contributed by atoms with E-state index in [1.54, 1.807) is 19.1 Å². The van der Waals surface area contributed by atoms with E-state index < -0.39 is 4.92 Å². The normalized spacial score (nSPS) is 15.1. The summed E-state index contributed by atoms with van der Waals surface area (Å²) >= 11 is 3.47. The third-order valence-corrected chi connectivity index (χ3v) is 5.18. The maximum Gasteiger partial charge on any atom is 0.319 e. The number of nitro groups is 1. The zero-order valence-electron chi connectivity index (χ0n) is 13.7. The van der Waals surface area contributed by atoms with Crippen molar-refractivity contribution in [1.29, 1.82) is 0 Å². The van der Waals surface area contributed by atoms with Gasteiger partial charge in [-0.2, -0.15) is 0 Å². The van der Waals surface area contributed by atoms with Gasteiger partial charge in [-0.15, -0.1) is 0 Å². The predicted molar refractivity (Wildman–Crippen MR) is 99.7 cm³/mol. The molecule has 0 spiro atoms. The molecule has 2 aromatic rings. The fraction of sp³-hybridized carbons (Fsp3) is 0.278. The molecule has 0 unspecified atom stereocenters. The quantitative estimate of drug-likeness (QED) is 0.564. The third kappa shape index (κ3) is 3.51. The molecule has 1 fully saturated rings. The van der Waals surface area contributed by atoms with E-state index in [1.807, 2.05) is 24.3 Å². The van der Waals surface area contributed by atoms with E-state index in [2.05, 4.69) is 26.6 Å². The minimum atomic E-state index is -0.451. The Bertz CT molecular complexity index is 834. The molecule has 1 aliphatic carbocycles. The zero-order chi connectivity index (χ0) is 18.0. The number of urea groups is 1. The molecule has 130 valence electrons. The second kappa shape index (κ2) is 6.84. The molecule has 0 aromatic heterocycles. The van der Waals surface area contributed by atoms with E-state index in [1.165, 1.54) is 6.07 Å². The molecule has 25 heavy (non-hydrogen) atoms. The summed E-state index contributed by atoms with van der Waals surface area (Å²) in [6, 6.07) is 12.2. The van der Waals surface area contributed by atoms with Gasteiger partial charge in [0, 0.05) is 10.5 Å². The standard InChI is InChI=1S/C18H18BrN3O3/c1-12-15(7-3-8-16(12)22(24)25)20-17(23)21-18(9-4-10-18)13-5-2-6-14(19)11-13/h2-3,5-8,11H,4,9-10H2,1H3,(H2,20,21,23). The number of nitrogens with zero attached hydrogens (tertiary/aromatic N) is 1. The van der Waals surface area contributed by atoms with E-state index in [0.29, 0.717) is 11.3 Å². The molecular formula is C18H18BrN3O3. The number of halogens is 1. The summed E-state index contributed by atoms with van der Waals surface area (Å²) in [5.74, 6) is 0. The van der Waals surface area contributed by atoms with Gasteiger partial charge >= 0.3 is 6.03 Å². The molecule has 0 aliphatic heterocycles. The first-order valence-corrected chi connectivity index (χ1v) is 8.80. The first kappa shape index (κ1) is 17.4. The SMILES string of the molecule is Cc1c(NC(=O)NC2(c3cccc(Br)c3)CCC2)cccc1[N+](=O)[O-]. The number of hydrogen-bond donors (Lipinski definition) is 2. The van der Waals surface area contributed by atoms with Crippen molar-refractivity contribution in [3.05, 3.63) is 68.2 Å². The molecular weight excluding hydrogens is 386 g/mol. The summed E-state index contributed by atoms with van der Waals surface area (Å²) in [5.41, 5.74) is 1.54. The van der Waals surface area contributed by atoms with E-state index >= 15 is 0 Å².